The van der Waals surface area contributed by atoms with Crippen LogP contribution in [-0.2, 0) is 4.74 Å². The highest BCUT2D eigenvalue weighted by Gasteiger charge is 2.45. The van der Waals surface area contributed by atoms with Gasteiger partial charge in [0.25, 0.3) is 0 Å². The topological polar surface area (TPSA) is 52.0 Å². The van der Waals surface area contributed by atoms with Crippen molar-refractivity contribution in [3.63, 3.8) is 0 Å². The minimum absolute atomic E-state index is 0.0255. The van der Waals surface area contributed by atoms with Crippen molar-refractivity contribution in [1.82, 2.24) is 0 Å². The minimum atomic E-state index is -0.360. The molecular weight excluding hydrogens is 292 g/mol. The normalized spacial score (nSPS) is 20.1. The number of fused-ring (bicyclic) bond motifs is 1. The molecule has 23 heavy (non-hydrogen) atoms. The lowest BCUT2D eigenvalue weighted by Gasteiger charge is -2.04. The molecule has 1 aliphatic heterocycles. The van der Waals surface area contributed by atoms with Crippen molar-refractivity contribution in [2.24, 2.45) is 0 Å². The van der Waals surface area contributed by atoms with Crippen LogP contribution in [0.15, 0.2) is 63.3 Å². The number of hydrogen-bond donors (Lipinski definition) is 0. The van der Waals surface area contributed by atoms with E-state index >= 15 is 0 Å². The molecule has 0 unspecified atom stereocenters. The molecule has 0 aliphatic carbocycles. The summed E-state index contributed by atoms with van der Waals surface area (Å²) >= 11 is 0. The van der Waals surface area contributed by atoms with Gasteiger partial charge in [-0.25, -0.2) is 4.79 Å². The van der Waals surface area contributed by atoms with Gasteiger partial charge in [-0.15, -0.1) is 0 Å². The lowest BCUT2D eigenvalue weighted by atomic mass is 10.1. The molecule has 4 heteroatoms. The highest BCUT2D eigenvalue weighted by Crippen LogP contribution is 2.36. The highest BCUT2D eigenvalue weighted by atomic mass is 16.6. The summed E-state index contributed by atoms with van der Waals surface area (Å²) in [4.78, 5) is 11.2. The molecule has 1 atom stereocenters. The SMILES string of the molecule is CC(C=C[C@@H]1OC1(C)C)=CCOc1ccc2ccc(=O)oc2c1. The van der Waals surface area contributed by atoms with Gasteiger partial charge in [0, 0.05) is 17.5 Å². The number of hydrogen-bond acceptors (Lipinski definition) is 4. The molecule has 0 radical (unpaired) electrons. The Morgan fingerprint density at radius 2 is 2.04 bits per heavy atom. The van der Waals surface area contributed by atoms with E-state index in [-0.39, 0.29) is 17.3 Å². The van der Waals surface area contributed by atoms with Crippen molar-refractivity contribution in [2.75, 3.05) is 6.61 Å². The number of ether oxygens (including phenoxy) is 2. The van der Waals surface area contributed by atoms with E-state index in [1.807, 2.05) is 31.2 Å². The van der Waals surface area contributed by atoms with E-state index in [9.17, 15) is 4.79 Å². The molecule has 0 bridgehead atoms. The van der Waals surface area contributed by atoms with Crippen molar-refractivity contribution in [1.29, 1.82) is 0 Å². The molecule has 1 fully saturated rings. The zero-order valence-electron chi connectivity index (χ0n) is 13.5. The Hall–Kier alpha value is -2.33. The molecule has 1 aromatic carbocycles. The van der Waals surface area contributed by atoms with E-state index in [2.05, 4.69) is 19.9 Å². The highest BCUT2D eigenvalue weighted by molar-refractivity contribution is 5.77. The van der Waals surface area contributed by atoms with Crippen molar-refractivity contribution in [3.05, 3.63) is 64.6 Å². The van der Waals surface area contributed by atoms with E-state index in [0.717, 1.165) is 11.0 Å². The van der Waals surface area contributed by atoms with Crippen LogP contribution in [0.25, 0.3) is 11.0 Å². The summed E-state index contributed by atoms with van der Waals surface area (Å²) in [6.45, 7) is 6.62. The van der Waals surface area contributed by atoms with Gasteiger partial charge in [-0.2, -0.15) is 0 Å². The molecule has 4 nitrogen and oxygen atoms in total. The fourth-order valence-corrected chi connectivity index (χ4v) is 2.27. The summed E-state index contributed by atoms with van der Waals surface area (Å²) in [5.74, 6) is 0.673. The maximum atomic E-state index is 11.2. The van der Waals surface area contributed by atoms with Crippen LogP contribution < -0.4 is 10.4 Å². The maximum Gasteiger partial charge on any atom is 0.336 e. The van der Waals surface area contributed by atoms with E-state index in [1.54, 1.807) is 12.1 Å². The Labute approximate surface area is 135 Å². The molecule has 0 amide bonds. The summed E-state index contributed by atoms with van der Waals surface area (Å²) < 4.78 is 16.3. The van der Waals surface area contributed by atoms with Crippen LogP contribution in [-0.4, -0.2) is 18.3 Å². The number of epoxide rings is 1. The van der Waals surface area contributed by atoms with E-state index in [4.69, 9.17) is 13.9 Å². The Kier molecular flexibility index (Phi) is 4.09. The Morgan fingerprint density at radius 1 is 1.30 bits per heavy atom. The first-order chi connectivity index (χ1) is 10.9. The summed E-state index contributed by atoms with van der Waals surface area (Å²) in [7, 11) is 0. The minimum Gasteiger partial charge on any atom is -0.489 e. The van der Waals surface area contributed by atoms with E-state index in [0.29, 0.717) is 17.9 Å². The first-order valence-corrected chi connectivity index (χ1v) is 7.63. The van der Waals surface area contributed by atoms with Gasteiger partial charge < -0.3 is 13.9 Å². The zero-order chi connectivity index (χ0) is 16.4. The molecule has 2 aromatic rings. The molecule has 3 rings (SSSR count). The summed E-state index contributed by atoms with van der Waals surface area (Å²) in [6.07, 6.45) is 6.31. The van der Waals surface area contributed by atoms with Crippen molar-refractivity contribution < 1.29 is 13.9 Å². The summed E-state index contributed by atoms with van der Waals surface area (Å²) in [5, 5.41) is 0.874. The Balaban J connectivity index is 1.59. The molecule has 1 saturated heterocycles. The zero-order valence-corrected chi connectivity index (χ0v) is 13.5. The monoisotopic (exact) mass is 312 g/mol. The molecular formula is C19H20O4. The number of rotatable bonds is 5. The van der Waals surface area contributed by atoms with Crippen LogP contribution in [0.1, 0.15) is 20.8 Å². The van der Waals surface area contributed by atoms with Crippen molar-refractivity contribution in [3.8, 4) is 5.75 Å². The second kappa shape index (κ2) is 6.05. The van der Waals surface area contributed by atoms with Crippen LogP contribution in [0, 0.1) is 0 Å². The lowest BCUT2D eigenvalue weighted by Crippen LogP contribution is -1.99. The standard InChI is InChI=1S/C19H20O4/c1-13(4-8-17-19(2,3)23-17)10-11-21-15-7-5-14-6-9-18(20)22-16(14)12-15/h4-10,12,17H,11H2,1-3H3/t17-/m0/s1. The molecule has 2 heterocycles. The molecule has 120 valence electrons. The first-order valence-electron chi connectivity index (χ1n) is 7.63. The molecule has 1 aliphatic rings. The number of allylic oxidation sites excluding steroid dienone is 2. The van der Waals surface area contributed by atoms with Crippen molar-refractivity contribution >= 4 is 11.0 Å². The Bertz CT molecular complexity index is 827. The van der Waals surface area contributed by atoms with Gasteiger partial charge in [-0.1, -0.05) is 17.7 Å². The first kappa shape index (κ1) is 15.6. The summed E-state index contributed by atoms with van der Waals surface area (Å²) in [6, 6.07) is 8.61. The van der Waals surface area contributed by atoms with Crippen LogP contribution in [0.2, 0.25) is 0 Å². The fourth-order valence-electron chi connectivity index (χ4n) is 2.27. The van der Waals surface area contributed by atoms with Gasteiger partial charge in [0.15, 0.2) is 0 Å². The largest absolute Gasteiger partial charge is 0.489 e. The molecule has 0 saturated carbocycles. The molecule has 1 aromatic heterocycles. The Morgan fingerprint density at radius 3 is 2.78 bits per heavy atom. The number of benzene rings is 1. The van der Waals surface area contributed by atoms with Crippen LogP contribution in [0.3, 0.4) is 0 Å². The lowest BCUT2D eigenvalue weighted by molar-refractivity contribution is 0.333. The van der Waals surface area contributed by atoms with E-state index < -0.39 is 0 Å². The van der Waals surface area contributed by atoms with Gasteiger partial charge in [-0.3, -0.25) is 0 Å². The average molecular weight is 312 g/mol. The van der Waals surface area contributed by atoms with Gasteiger partial charge in [0.05, 0.1) is 5.60 Å². The predicted octanol–water partition coefficient (Wildman–Crippen LogP) is 3.85. The second-order valence-electron chi connectivity index (χ2n) is 6.21. The van der Waals surface area contributed by atoms with Gasteiger partial charge in [0.1, 0.15) is 24.0 Å². The molecule has 0 N–H and O–H groups in total. The third kappa shape index (κ3) is 3.90. The third-order valence-corrected chi connectivity index (χ3v) is 3.84. The third-order valence-electron chi connectivity index (χ3n) is 3.84. The fraction of sp³-hybridized carbons (Fsp3) is 0.316. The smallest absolute Gasteiger partial charge is 0.336 e. The van der Waals surface area contributed by atoms with Crippen LogP contribution in [0.4, 0.5) is 0 Å². The molecule has 0 spiro atoms. The maximum absolute atomic E-state index is 11.2. The van der Waals surface area contributed by atoms with Gasteiger partial charge in [-0.05, 0) is 45.0 Å². The van der Waals surface area contributed by atoms with Crippen LogP contribution >= 0.6 is 0 Å². The predicted molar refractivity (Wildman–Crippen MR) is 89.8 cm³/mol. The second-order valence-corrected chi connectivity index (χ2v) is 6.21. The van der Waals surface area contributed by atoms with Crippen LogP contribution in [0.5, 0.6) is 5.75 Å². The van der Waals surface area contributed by atoms with Gasteiger partial charge in [0.2, 0.25) is 0 Å². The average Bonchev–Trinajstić information content (AvgIpc) is 3.12. The van der Waals surface area contributed by atoms with E-state index in [1.165, 1.54) is 6.07 Å². The van der Waals surface area contributed by atoms with Gasteiger partial charge >= 0.3 is 5.63 Å². The van der Waals surface area contributed by atoms with Crippen molar-refractivity contribution in [2.45, 2.75) is 32.5 Å². The summed E-state index contributed by atoms with van der Waals surface area (Å²) in [5.41, 5.74) is 1.26. The quantitative estimate of drug-likeness (QED) is 0.478.